The Bertz CT molecular complexity index is 1140. The molecule has 186 valence electrons. The van der Waals surface area contributed by atoms with E-state index in [-0.39, 0.29) is 28.2 Å². The van der Waals surface area contributed by atoms with Crippen LogP contribution in [0.3, 0.4) is 0 Å². The van der Waals surface area contributed by atoms with Crippen molar-refractivity contribution in [2.45, 2.75) is 52.7 Å². The summed E-state index contributed by atoms with van der Waals surface area (Å²) in [4.78, 5) is 27.8. The molecule has 34 heavy (non-hydrogen) atoms. The number of nitrogens with zero attached hydrogens (tertiary/aromatic N) is 2. The Morgan fingerprint density at radius 1 is 1.06 bits per heavy atom. The van der Waals surface area contributed by atoms with Crippen LogP contribution in [0.5, 0.6) is 0 Å². The number of sulfonamides is 1. The first-order chi connectivity index (χ1) is 15.6. The Hall–Kier alpha value is -2.29. The molecule has 2 amide bonds. The monoisotopic (exact) mass is 527 g/mol. The van der Waals surface area contributed by atoms with Gasteiger partial charge in [0.05, 0.1) is 11.9 Å². The topological polar surface area (TPSA) is 86.8 Å². The molecule has 0 unspecified atom stereocenters. The first-order valence-electron chi connectivity index (χ1n) is 10.7. The molecule has 2 rings (SSSR count). The van der Waals surface area contributed by atoms with Crippen molar-refractivity contribution in [3.05, 3.63) is 63.6 Å². The standard InChI is InChI=1S/C24H31Cl2N3O4S/c1-16-8-7-9-18(10-16)14-28(17(2)23(31)27-24(3,4)5)22(30)15-29(34(6,32)33)21-12-19(25)11-20(26)13-21/h7-13,17H,14-15H2,1-6H3,(H,27,31)/t17-/m1/s1. The summed E-state index contributed by atoms with van der Waals surface area (Å²) in [5, 5.41) is 3.35. The molecule has 0 saturated carbocycles. The summed E-state index contributed by atoms with van der Waals surface area (Å²) in [6, 6.07) is 11.0. The van der Waals surface area contributed by atoms with Gasteiger partial charge in [-0.15, -0.1) is 0 Å². The molecule has 7 nitrogen and oxygen atoms in total. The van der Waals surface area contributed by atoms with Crippen molar-refractivity contribution in [3.63, 3.8) is 0 Å². The largest absolute Gasteiger partial charge is 0.350 e. The summed E-state index contributed by atoms with van der Waals surface area (Å²) in [6.45, 7) is 8.70. The van der Waals surface area contributed by atoms with Gasteiger partial charge in [-0.1, -0.05) is 53.0 Å². The van der Waals surface area contributed by atoms with Gasteiger partial charge in [0.1, 0.15) is 12.6 Å². The second kappa shape index (κ2) is 11.0. The molecular formula is C24H31Cl2N3O4S. The molecule has 1 N–H and O–H groups in total. The third-order valence-electron chi connectivity index (χ3n) is 4.92. The molecule has 0 aliphatic heterocycles. The molecule has 2 aromatic rings. The van der Waals surface area contributed by atoms with Crippen molar-refractivity contribution in [2.75, 3.05) is 17.1 Å². The lowest BCUT2D eigenvalue weighted by molar-refractivity contribution is -0.140. The van der Waals surface area contributed by atoms with E-state index in [2.05, 4.69) is 5.32 Å². The summed E-state index contributed by atoms with van der Waals surface area (Å²) in [5.41, 5.74) is 1.49. The van der Waals surface area contributed by atoms with Crippen molar-refractivity contribution >= 4 is 50.7 Å². The van der Waals surface area contributed by atoms with Crippen LogP contribution in [0.25, 0.3) is 0 Å². The molecule has 0 heterocycles. The van der Waals surface area contributed by atoms with E-state index in [0.717, 1.165) is 21.7 Å². The van der Waals surface area contributed by atoms with Crippen molar-refractivity contribution in [2.24, 2.45) is 0 Å². The van der Waals surface area contributed by atoms with Gasteiger partial charge in [-0.25, -0.2) is 8.42 Å². The van der Waals surface area contributed by atoms with E-state index in [1.54, 1.807) is 6.92 Å². The summed E-state index contributed by atoms with van der Waals surface area (Å²) in [6.07, 6.45) is 0.996. The molecule has 2 aromatic carbocycles. The Morgan fingerprint density at radius 3 is 2.15 bits per heavy atom. The molecule has 0 aliphatic carbocycles. The highest BCUT2D eigenvalue weighted by molar-refractivity contribution is 7.92. The lowest BCUT2D eigenvalue weighted by Gasteiger charge is -2.33. The number of hydrogen-bond acceptors (Lipinski definition) is 4. The van der Waals surface area contributed by atoms with Gasteiger partial charge in [0.2, 0.25) is 21.8 Å². The summed E-state index contributed by atoms with van der Waals surface area (Å²) in [7, 11) is -3.87. The minimum Gasteiger partial charge on any atom is -0.350 e. The summed E-state index contributed by atoms with van der Waals surface area (Å²) < 4.78 is 26.1. The number of benzene rings is 2. The van der Waals surface area contributed by atoms with Crippen LogP contribution in [0.1, 0.15) is 38.8 Å². The second-order valence-electron chi connectivity index (χ2n) is 9.32. The van der Waals surface area contributed by atoms with Gasteiger partial charge in [0.15, 0.2) is 0 Å². The van der Waals surface area contributed by atoms with E-state index >= 15 is 0 Å². The maximum Gasteiger partial charge on any atom is 0.244 e. The van der Waals surface area contributed by atoms with Crippen molar-refractivity contribution in [1.29, 1.82) is 0 Å². The smallest absolute Gasteiger partial charge is 0.244 e. The quantitative estimate of drug-likeness (QED) is 0.551. The van der Waals surface area contributed by atoms with Gasteiger partial charge in [0.25, 0.3) is 0 Å². The maximum absolute atomic E-state index is 13.5. The third kappa shape index (κ3) is 8.18. The van der Waals surface area contributed by atoms with Gasteiger partial charge in [-0.2, -0.15) is 0 Å². The van der Waals surface area contributed by atoms with Crippen LogP contribution >= 0.6 is 23.2 Å². The minimum absolute atomic E-state index is 0.132. The Balaban J connectivity index is 2.44. The Labute approximate surface area is 212 Å². The Kier molecular flexibility index (Phi) is 9.02. The van der Waals surface area contributed by atoms with Crippen LogP contribution in [0.4, 0.5) is 5.69 Å². The van der Waals surface area contributed by atoms with Gasteiger partial charge >= 0.3 is 0 Å². The van der Waals surface area contributed by atoms with Crippen LogP contribution in [0, 0.1) is 6.92 Å². The van der Waals surface area contributed by atoms with Crippen molar-refractivity contribution in [3.8, 4) is 0 Å². The normalized spacial score (nSPS) is 12.7. The number of nitrogens with one attached hydrogen (secondary N) is 1. The molecular weight excluding hydrogens is 497 g/mol. The molecule has 0 aromatic heterocycles. The lowest BCUT2D eigenvalue weighted by atomic mass is 10.1. The number of hydrogen-bond donors (Lipinski definition) is 1. The average molecular weight is 529 g/mol. The van der Waals surface area contributed by atoms with Crippen molar-refractivity contribution < 1.29 is 18.0 Å². The summed E-state index contributed by atoms with van der Waals surface area (Å²) in [5.74, 6) is -0.884. The molecule has 0 fully saturated rings. The molecule has 0 saturated heterocycles. The van der Waals surface area contributed by atoms with Crippen LogP contribution in [-0.2, 0) is 26.2 Å². The molecule has 0 spiro atoms. The maximum atomic E-state index is 13.5. The van der Waals surface area contributed by atoms with E-state index in [0.29, 0.717) is 0 Å². The average Bonchev–Trinajstić information content (AvgIpc) is 2.66. The van der Waals surface area contributed by atoms with Gasteiger partial charge in [-0.05, 0) is 58.4 Å². The molecule has 10 heteroatoms. The number of rotatable bonds is 8. The zero-order valence-electron chi connectivity index (χ0n) is 20.2. The molecule has 1 atom stereocenters. The first-order valence-corrected chi connectivity index (χ1v) is 13.3. The van der Waals surface area contributed by atoms with Gasteiger partial charge in [-0.3, -0.25) is 13.9 Å². The fourth-order valence-electron chi connectivity index (χ4n) is 3.36. The third-order valence-corrected chi connectivity index (χ3v) is 6.49. The molecule has 0 radical (unpaired) electrons. The van der Waals surface area contributed by atoms with Crippen molar-refractivity contribution in [1.82, 2.24) is 10.2 Å². The first kappa shape index (κ1) is 28.0. The zero-order valence-corrected chi connectivity index (χ0v) is 22.6. The number of carbonyl (C=O) groups excluding carboxylic acids is 2. The predicted molar refractivity (Wildman–Crippen MR) is 138 cm³/mol. The van der Waals surface area contributed by atoms with Crippen LogP contribution in [0.15, 0.2) is 42.5 Å². The fourth-order valence-corrected chi connectivity index (χ4v) is 4.71. The van der Waals surface area contributed by atoms with E-state index < -0.39 is 34.1 Å². The van der Waals surface area contributed by atoms with E-state index in [9.17, 15) is 18.0 Å². The highest BCUT2D eigenvalue weighted by Gasteiger charge is 2.31. The minimum atomic E-state index is -3.87. The Morgan fingerprint density at radius 2 is 1.65 bits per heavy atom. The highest BCUT2D eigenvalue weighted by Crippen LogP contribution is 2.27. The SMILES string of the molecule is Cc1cccc(CN(C(=O)CN(c2cc(Cl)cc(Cl)c2)S(C)(=O)=O)[C@H](C)C(=O)NC(C)(C)C)c1. The number of aryl methyl sites for hydroxylation is 1. The van der Waals surface area contributed by atoms with Crippen LogP contribution < -0.4 is 9.62 Å². The van der Waals surface area contributed by atoms with E-state index in [4.69, 9.17) is 23.2 Å². The molecule has 0 aliphatic rings. The van der Waals surface area contributed by atoms with Crippen LogP contribution in [-0.4, -0.2) is 49.5 Å². The number of anilines is 1. The zero-order chi connectivity index (χ0) is 25.8. The lowest BCUT2D eigenvalue weighted by Crippen LogP contribution is -2.54. The highest BCUT2D eigenvalue weighted by atomic mass is 35.5. The fraction of sp³-hybridized carbons (Fsp3) is 0.417. The predicted octanol–water partition coefficient (Wildman–Crippen LogP) is 4.40. The van der Waals surface area contributed by atoms with Gasteiger partial charge < -0.3 is 10.2 Å². The summed E-state index contributed by atoms with van der Waals surface area (Å²) >= 11 is 12.1. The van der Waals surface area contributed by atoms with E-state index in [1.165, 1.54) is 23.1 Å². The second-order valence-corrected chi connectivity index (χ2v) is 12.1. The number of amides is 2. The number of carbonyl (C=O) groups is 2. The van der Waals surface area contributed by atoms with E-state index in [1.807, 2.05) is 52.0 Å². The van der Waals surface area contributed by atoms with Gasteiger partial charge in [0, 0.05) is 22.1 Å². The van der Waals surface area contributed by atoms with Crippen LogP contribution in [0.2, 0.25) is 10.0 Å². The number of halogens is 2. The molecule has 0 bridgehead atoms.